The van der Waals surface area contributed by atoms with E-state index >= 15 is 0 Å². The molecular formula is C12H23N3O2. The number of carbonyl (C=O) groups is 2. The van der Waals surface area contributed by atoms with Crippen LogP contribution in [0.5, 0.6) is 0 Å². The molecule has 0 radical (unpaired) electrons. The van der Waals surface area contributed by atoms with Gasteiger partial charge in [-0.25, -0.2) is 0 Å². The molecule has 2 amide bonds. The van der Waals surface area contributed by atoms with Crippen LogP contribution in [0.25, 0.3) is 0 Å². The molecular weight excluding hydrogens is 218 g/mol. The van der Waals surface area contributed by atoms with E-state index in [2.05, 4.69) is 10.6 Å². The van der Waals surface area contributed by atoms with Crippen LogP contribution < -0.4 is 10.6 Å². The molecule has 1 rings (SSSR count). The van der Waals surface area contributed by atoms with Crippen molar-refractivity contribution in [3.05, 3.63) is 0 Å². The minimum atomic E-state index is -0.399. The van der Waals surface area contributed by atoms with Gasteiger partial charge < -0.3 is 15.5 Å². The van der Waals surface area contributed by atoms with Gasteiger partial charge in [0, 0.05) is 31.6 Å². The number of carbonyl (C=O) groups excluding carboxylic acids is 2. The smallest absolute Gasteiger partial charge is 0.242 e. The first-order chi connectivity index (χ1) is 7.97. The molecule has 0 bridgehead atoms. The van der Waals surface area contributed by atoms with Crippen molar-refractivity contribution in [2.45, 2.75) is 27.2 Å². The van der Waals surface area contributed by atoms with Crippen molar-refractivity contribution < 1.29 is 9.59 Å². The third-order valence-electron chi connectivity index (χ3n) is 3.37. The van der Waals surface area contributed by atoms with Crippen LogP contribution in [0.2, 0.25) is 0 Å². The van der Waals surface area contributed by atoms with Crippen LogP contribution >= 0.6 is 0 Å². The molecule has 0 atom stereocenters. The Balaban J connectivity index is 2.35. The molecule has 1 saturated heterocycles. The van der Waals surface area contributed by atoms with E-state index < -0.39 is 5.41 Å². The van der Waals surface area contributed by atoms with Crippen LogP contribution in [-0.4, -0.2) is 49.4 Å². The quantitative estimate of drug-likeness (QED) is 0.726. The van der Waals surface area contributed by atoms with Crippen molar-refractivity contribution >= 4 is 11.8 Å². The average Bonchev–Trinajstić information content (AvgIpc) is 2.36. The van der Waals surface area contributed by atoms with E-state index in [-0.39, 0.29) is 18.4 Å². The summed E-state index contributed by atoms with van der Waals surface area (Å²) in [6.45, 7) is 8.98. The Labute approximate surface area is 103 Å². The molecule has 98 valence electrons. The van der Waals surface area contributed by atoms with Gasteiger partial charge in [-0.15, -0.1) is 0 Å². The lowest BCUT2D eigenvalue weighted by molar-refractivity contribution is -0.136. The summed E-state index contributed by atoms with van der Waals surface area (Å²) in [5, 5.41) is 5.91. The minimum Gasteiger partial charge on any atom is -0.347 e. The number of nitrogens with zero attached hydrogens (tertiary/aromatic N) is 1. The highest BCUT2D eigenvalue weighted by molar-refractivity contribution is 5.87. The maximum absolute atomic E-state index is 11.8. The van der Waals surface area contributed by atoms with Crippen LogP contribution in [0.4, 0.5) is 0 Å². The molecule has 2 N–H and O–H groups in total. The van der Waals surface area contributed by atoms with Crippen LogP contribution in [-0.2, 0) is 9.59 Å². The third-order valence-corrected chi connectivity index (χ3v) is 3.37. The SMILES string of the molecule is CCC(C)(C)C(=O)NCC(=O)N1CCNCC1. The van der Waals surface area contributed by atoms with Gasteiger partial charge >= 0.3 is 0 Å². The lowest BCUT2D eigenvalue weighted by Gasteiger charge is -2.28. The maximum Gasteiger partial charge on any atom is 0.242 e. The number of rotatable bonds is 4. The second-order valence-corrected chi connectivity index (χ2v) is 5.05. The first-order valence-electron chi connectivity index (χ1n) is 6.24. The van der Waals surface area contributed by atoms with E-state index in [1.807, 2.05) is 20.8 Å². The van der Waals surface area contributed by atoms with Crippen molar-refractivity contribution in [1.82, 2.24) is 15.5 Å². The first-order valence-corrected chi connectivity index (χ1v) is 6.24. The van der Waals surface area contributed by atoms with Gasteiger partial charge in [0.1, 0.15) is 0 Å². The largest absolute Gasteiger partial charge is 0.347 e. The fraction of sp³-hybridized carbons (Fsp3) is 0.833. The summed E-state index contributed by atoms with van der Waals surface area (Å²) in [6, 6.07) is 0. The van der Waals surface area contributed by atoms with Crippen molar-refractivity contribution in [3.63, 3.8) is 0 Å². The van der Waals surface area contributed by atoms with Crippen LogP contribution in [0, 0.1) is 5.41 Å². The minimum absolute atomic E-state index is 0.00625. The van der Waals surface area contributed by atoms with Gasteiger partial charge in [-0.1, -0.05) is 20.8 Å². The Morgan fingerprint density at radius 3 is 2.41 bits per heavy atom. The Bertz CT molecular complexity index is 283. The van der Waals surface area contributed by atoms with E-state index in [0.29, 0.717) is 0 Å². The zero-order chi connectivity index (χ0) is 12.9. The Hall–Kier alpha value is -1.10. The highest BCUT2D eigenvalue weighted by Crippen LogP contribution is 2.19. The summed E-state index contributed by atoms with van der Waals surface area (Å²) < 4.78 is 0. The molecule has 0 aromatic carbocycles. The van der Waals surface area contributed by atoms with Gasteiger partial charge in [0.05, 0.1) is 6.54 Å². The zero-order valence-electron chi connectivity index (χ0n) is 11.0. The Kier molecular flexibility index (Phi) is 4.93. The van der Waals surface area contributed by atoms with Crippen molar-refractivity contribution in [2.75, 3.05) is 32.7 Å². The number of piperazine rings is 1. The van der Waals surface area contributed by atoms with Gasteiger partial charge in [-0.2, -0.15) is 0 Å². The Morgan fingerprint density at radius 1 is 1.29 bits per heavy atom. The maximum atomic E-state index is 11.8. The molecule has 0 aromatic heterocycles. The number of amides is 2. The van der Waals surface area contributed by atoms with Crippen LogP contribution in [0.1, 0.15) is 27.2 Å². The molecule has 5 nitrogen and oxygen atoms in total. The van der Waals surface area contributed by atoms with E-state index in [1.165, 1.54) is 0 Å². The van der Waals surface area contributed by atoms with E-state index in [0.717, 1.165) is 32.6 Å². The van der Waals surface area contributed by atoms with E-state index in [1.54, 1.807) is 4.90 Å². The molecule has 1 aliphatic rings. The molecule has 0 unspecified atom stereocenters. The fourth-order valence-electron chi connectivity index (χ4n) is 1.58. The molecule has 0 saturated carbocycles. The van der Waals surface area contributed by atoms with Gasteiger partial charge in [0.2, 0.25) is 11.8 Å². The monoisotopic (exact) mass is 241 g/mol. The molecule has 5 heteroatoms. The summed E-state index contributed by atoms with van der Waals surface area (Å²) in [7, 11) is 0. The predicted molar refractivity (Wildman–Crippen MR) is 66.5 cm³/mol. The Morgan fingerprint density at radius 2 is 1.88 bits per heavy atom. The molecule has 0 aromatic rings. The second kappa shape index (κ2) is 6.00. The van der Waals surface area contributed by atoms with Gasteiger partial charge in [-0.3, -0.25) is 9.59 Å². The van der Waals surface area contributed by atoms with Crippen molar-refractivity contribution in [1.29, 1.82) is 0 Å². The lowest BCUT2D eigenvalue weighted by atomic mass is 9.89. The van der Waals surface area contributed by atoms with E-state index in [4.69, 9.17) is 0 Å². The topological polar surface area (TPSA) is 61.4 Å². The number of hydrogen-bond acceptors (Lipinski definition) is 3. The van der Waals surface area contributed by atoms with Crippen molar-refractivity contribution in [2.24, 2.45) is 5.41 Å². The standard InChI is InChI=1S/C12H23N3O2/c1-4-12(2,3)11(17)14-9-10(16)15-7-5-13-6-8-15/h13H,4-9H2,1-3H3,(H,14,17). The van der Waals surface area contributed by atoms with Crippen LogP contribution in [0.3, 0.4) is 0 Å². The molecule has 0 spiro atoms. The molecule has 1 heterocycles. The number of nitrogens with one attached hydrogen (secondary N) is 2. The van der Waals surface area contributed by atoms with Crippen LogP contribution in [0.15, 0.2) is 0 Å². The van der Waals surface area contributed by atoms with Gasteiger partial charge in [0.25, 0.3) is 0 Å². The molecule has 1 fully saturated rings. The normalized spacial score (nSPS) is 16.8. The molecule has 1 aliphatic heterocycles. The third kappa shape index (κ3) is 4.00. The predicted octanol–water partition coefficient (Wildman–Crippen LogP) is -0.0294. The second-order valence-electron chi connectivity index (χ2n) is 5.05. The number of hydrogen-bond donors (Lipinski definition) is 2. The van der Waals surface area contributed by atoms with Gasteiger partial charge in [-0.05, 0) is 6.42 Å². The summed E-state index contributed by atoms with van der Waals surface area (Å²) in [5.41, 5.74) is -0.399. The highest BCUT2D eigenvalue weighted by atomic mass is 16.2. The zero-order valence-corrected chi connectivity index (χ0v) is 11.0. The summed E-state index contributed by atoms with van der Waals surface area (Å²) in [5.74, 6) is -0.0461. The fourth-order valence-corrected chi connectivity index (χ4v) is 1.58. The summed E-state index contributed by atoms with van der Waals surface area (Å²) in [6.07, 6.45) is 0.765. The van der Waals surface area contributed by atoms with Gasteiger partial charge in [0.15, 0.2) is 0 Å². The lowest BCUT2D eigenvalue weighted by Crippen LogP contribution is -2.50. The molecule has 17 heavy (non-hydrogen) atoms. The average molecular weight is 241 g/mol. The van der Waals surface area contributed by atoms with E-state index in [9.17, 15) is 9.59 Å². The first kappa shape index (κ1) is 14.0. The van der Waals surface area contributed by atoms with Crippen molar-refractivity contribution in [3.8, 4) is 0 Å². The molecule has 0 aliphatic carbocycles. The summed E-state index contributed by atoms with van der Waals surface area (Å²) in [4.78, 5) is 25.4. The summed E-state index contributed by atoms with van der Waals surface area (Å²) >= 11 is 0. The highest BCUT2D eigenvalue weighted by Gasteiger charge is 2.26.